The molecule has 84 valence electrons. The standard InChI is InChI=1S/C12H14N2O2/c1-8-10(5-6-13-8)14-9-3-4-12(16-2)11(15)7-9/h3-7,13-15H,1-2H3. The van der Waals surface area contributed by atoms with Gasteiger partial charge in [0.1, 0.15) is 0 Å². The van der Waals surface area contributed by atoms with Crippen LogP contribution in [-0.2, 0) is 0 Å². The molecule has 0 atom stereocenters. The van der Waals surface area contributed by atoms with Gasteiger partial charge in [0, 0.05) is 23.6 Å². The quantitative estimate of drug-likeness (QED) is 0.742. The van der Waals surface area contributed by atoms with Gasteiger partial charge in [0.05, 0.1) is 12.8 Å². The highest BCUT2D eigenvalue weighted by molar-refractivity contribution is 5.64. The maximum absolute atomic E-state index is 9.62. The number of nitrogens with one attached hydrogen (secondary N) is 2. The molecule has 4 heteroatoms. The van der Waals surface area contributed by atoms with Crippen LogP contribution < -0.4 is 10.1 Å². The molecule has 0 aliphatic heterocycles. The number of phenols is 1. The van der Waals surface area contributed by atoms with Crippen molar-refractivity contribution in [3.8, 4) is 11.5 Å². The summed E-state index contributed by atoms with van der Waals surface area (Å²) in [5.74, 6) is 0.594. The second kappa shape index (κ2) is 4.18. The summed E-state index contributed by atoms with van der Waals surface area (Å²) in [7, 11) is 1.53. The second-order valence-corrected chi connectivity index (χ2v) is 3.53. The molecule has 0 fully saturated rings. The van der Waals surface area contributed by atoms with E-state index in [1.807, 2.05) is 25.3 Å². The van der Waals surface area contributed by atoms with E-state index in [1.54, 1.807) is 12.1 Å². The minimum atomic E-state index is 0.126. The topological polar surface area (TPSA) is 57.3 Å². The van der Waals surface area contributed by atoms with Crippen LogP contribution in [0.2, 0.25) is 0 Å². The van der Waals surface area contributed by atoms with E-state index in [4.69, 9.17) is 4.74 Å². The summed E-state index contributed by atoms with van der Waals surface area (Å²) >= 11 is 0. The van der Waals surface area contributed by atoms with Crippen molar-refractivity contribution in [3.63, 3.8) is 0 Å². The number of H-pyrrole nitrogens is 1. The molecular formula is C12H14N2O2. The molecule has 0 radical (unpaired) electrons. The minimum absolute atomic E-state index is 0.126. The predicted octanol–water partition coefficient (Wildman–Crippen LogP) is 2.78. The van der Waals surface area contributed by atoms with Crippen LogP contribution in [0.15, 0.2) is 30.5 Å². The number of hydrogen-bond donors (Lipinski definition) is 3. The van der Waals surface area contributed by atoms with Crippen molar-refractivity contribution in [3.05, 3.63) is 36.2 Å². The van der Waals surface area contributed by atoms with Crippen molar-refractivity contribution in [1.82, 2.24) is 4.98 Å². The van der Waals surface area contributed by atoms with Crippen LogP contribution in [0, 0.1) is 6.92 Å². The van der Waals surface area contributed by atoms with Gasteiger partial charge in [0.15, 0.2) is 11.5 Å². The van der Waals surface area contributed by atoms with Gasteiger partial charge < -0.3 is 20.1 Å². The van der Waals surface area contributed by atoms with Crippen LogP contribution in [0.25, 0.3) is 0 Å². The lowest BCUT2D eigenvalue weighted by Crippen LogP contribution is -1.91. The lowest BCUT2D eigenvalue weighted by atomic mass is 10.2. The molecule has 0 bridgehead atoms. The number of aromatic nitrogens is 1. The molecule has 0 unspecified atom stereocenters. The molecule has 4 nitrogen and oxygen atoms in total. The van der Waals surface area contributed by atoms with E-state index in [-0.39, 0.29) is 5.75 Å². The normalized spacial score (nSPS) is 10.1. The fourth-order valence-electron chi connectivity index (χ4n) is 1.51. The molecule has 1 aromatic heterocycles. The SMILES string of the molecule is COc1ccc(Nc2cc[nH]c2C)cc1O. The summed E-state index contributed by atoms with van der Waals surface area (Å²) in [6, 6.07) is 7.15. The van der Waals surface area contributed by atoms with E-state index >= 15 is 0 Å². The molecule has 0 aliphatic rings. The molecule has 0 saturated heterocycles. The number of rotatable bonds is 3. The van der Waals surface area contributed by atoms with E-state index in [0.29, 0.717) is 5.75 Å². The zero-order valence-electron chi connectivity index (χ0n) is 9.24. The molecule has 2 rings (SSSR count). The smallest absolute Gasteiger partial charge is 0.160 e. The van der Waals surface area contributed by atoms with Crippen molar-refractivity contribution >= 4 is 11.4 Å². The third kappa shape index (κ3) is 1.95. The Bertz CT molecular complexity index is 492. The first-order chi connectivity index (χ1) is 7.70. The third-order valence-corrected chi connectivity index (χ3v) is 2.41. The van der Waals surface area contributed by atoms with E-state index < -0.39 is 0 Å². The van der Waals surface area contributed by atoms with Crippen molar-refractivity contribution in [2.45, 2.75) is 6.92 Å². The van der Waals surface area contributed by atoms with Crippen LogP contribution >= 0.6 is 0 Å². The van der Waals surface area contributed by atoms with Crippen LogP contribution in [0.5, 0.6) is 11.5 Å². The Balaban J connectivity index is 2.23. The summed E-state index contributed by atoms with van der Waals surface area (Å²) in [5, 5.41) is 12.8. The number of hydrogen-bond acceptors (Lipinski definition) is 3. The van der Waals surface area contributed by atoms with Crippen molar-refractivity contribution in [2.75, 3.05) is 12.4 Å². The number of methoxy groups -OCH3 is 1. The highest BCUT2D eigenvalue weighted by atomic mass is 16.5. The van der Waals surface area contributed by atoms with Crippen LogP contribution in [-0.4, -0.2) is 17.2 Å². The third-order valence-electron chi connectivity index (χ3n) is 2.41. The largest absolute Gasteiger partial charge is 0.504 e. The fraction of sp³-hybridized carbons (Fsp3) is 0.167. The lowest BCUT2D eigenvalue weighted by molar-refractivity contribution is 0.373. The van der Waals surface area contributed by atoms with Crippen LogP contribution in [0.4, 0.5) is 11.4 Å². The zero-order valence-corrected chi connectivity index (χ0v) is 9.24. The molecule has 2 aromatic rings. The maximum atomic E-state index is 9.62. The Morgan fingerprint density at radius 1 is 1.31 bits per heavy atom. The Morgan fingerprint density at radius 2 is 2.12 bits per heavy atom. The van der Waals surface area contributed by atoms with E-state index in [9.17, 15) is 5.11 Å². The lowest BCUT2D eigenvalue weighted by Gasteiger charge is -2.08. The van der Waals surface area contributed by atoms with Crippen molar-refractivity contribution < 1.29 is 9.84 Å². The Labute approximate surface area is 93.9 Å². The molecule has 1 aromatic carbocycles. The number of benzene rings is 1. The molecule has 3 N–H and O–H groups in total. The van der Waals surface area contributed by atoms with Crippen molar-refractivity contribution in [1.29, 1.82) is 0 Å². The first-order valence-corrected chi connectivity index (χ1v) is 4.98. The van der Waals surface area contributed by atoms with E-state index in [1.165, 1.54) is 7.11 Å². The minimum Gasteiger partial charge on any atom is -0.504 e. The number of phenolic OH excluding ortho intramolecular Hbond substituents is 1. The summed E-state index contributed by atoms with van der Waals surface area (Å²) < 4.78 is 4.97. The second-order valence-electron chi connectivity index (χ2n) is 3.53. The first-order valence-electron chi connectivity index (χ1n) is 4.98. The number of aromatic amines is 1. The van der Waals surface area contributed by atoms with Gasteiger partial charge in [-0.25, -0.2) is 0 Å². The summed E-state index contributed by atoms with van der Waals surface area (Å²) in [6.45, 7) is 1.98. The Morgan fingerprint density at radius 3 is 2.69 bits per heavy atom. The maximum Gasteiger partial charge on any atom is 0.160 e. The number of ether oxygens (including phenoxy) is 1. The molecule has 1 heterocycles. The first kappa shape index (κ1) is 10.4. The number of aromatic hydroxyl groups is 1. The molecule has 0 spiro atoms. The van der Waals surface area contributed by atoms with Gasteiger partial charge in [-0.2, -0.15) is 0 Å². The van der Waals surface area contributed by atoms with Crippen LogP contribution in [0.1, 0.15) is 5.69 Å². The fourth-order valence-corrected chi connectivity index (χ4v) is 1.51. The molecule has 0 amide bonds. The van der Waals surface area contributed by atoms with Gasteiger partial charge in [-0.15, -0.1) is 0 Å². The monoisotopic (exact) mass is 218 g/mol. The summed E-state index contributed by atoms with van der Waals surface area (Å²) in [4.78, 5) is 3.08. The van der Waals surface area contributed by atoms with Gasteiger partial charge >= 0.3 is 0 Å². The molecule has 0 aliphatic carbocycles. The predicted molar refractivity (Wildman–Crippen MR) is 63.5 cm³/mol. The summed E-state index contributed by atoms with van der Waals surface area (Å²) in [5.41, 5.74) is 2.86. The molecule has 0 saturated carbocycles. The average molecular weight is 218 g/mol. The van der Waals surface area contributed by atoms with Gasteiger partial charge in [0.25, 0.3) is 0 Å². The van der Waals surface area contributed by atoms with Gasteiger partial charge in [-0.1, -0.05) is 0 Å². The molecule has 16 heavy (non-hydrogen) atoms. The van der Waals surface area contributed by atoms with Gasteiger partial charge in [0.2, 0.25) is 0 Å². The van der Waals surface area contributed by atoms with Gasteiger partial charge in [-0.3, -0.25) is 0 Å². The Hall–Kier alpha value is -2.10. The highest BCUT2D eigenvalue weighted by Crippen LogP contribution is 2.30. The van der Waals surface area contributed by atoms with E-state index in [0.717, 1.165) is 17.1 Å². The Kier molecular flexibility index (Phi) is 2.72. The van der Waals surface area contributed by atoms with Gasteiger partial charge in [-0.05, 0) is 25.1 Å². The number of anilines is 2. The highest BCUT2D eigenvalue weighted by Gasteiger charge is 2.04. The van der Waals surface area contributed by atoms with Crippen LogP contribution in [0.3, 0.4) is 0 Å². The van der Waals surface area contributed by atoms with Crippen molar-refractivity contribution in [2.24, 2.45) is 0 Å². The zero-order chi connectivity index (χ0) is 11.5. The number of aryl methyl sites for hydroxylation is 1. The summed E-state index contributed by atoms with van der Waals surface area (Å²) in [6.07, 6.45) is 1.86. The average Bonchev–Trinajstić information content (AvgIpc) is 2.65. The molecular weight excluding hydrogens is 204 g/mol. The van der Waals surface area contributed by atoms with E-state index in [2.05, 4.69) is 10.3 Å².